The normalized spacial score (nSPS) is 12.3. The molecule has 2 aromatic rings. The van der Waals surface area contributed by atoms with Crippen molar-refractivity contribution in [2.45, 2.75) is 26.2 Å². The third-order valence-electron chi connectivity index (χ3n) is 2.24. The van der Waals surface area contributed by atoms with E-state index < -0.39 is 0 Å². The number of nitrogens with zero attached hydrogens (tertiary/aromatic N) is 4. The van der Waals surface area contributed by atoms with E-state index in [1.54, 1.807) is 12.5 Å². The van der Waals surface area contributed by atoms with Gasteiger partial charge < -0.3 is 0 Å². The molecule has 0 N–H and O–H groups in total. The number of aromatic nitrogens is 4. The molecule has 0 atom stereocenters. The first-order valence-electron chi connectivity index (χ1n) is 4.63. The van der Waals surface area contributed by atoms with E-state index in [9.17, 15) is 0 Å². The molecule has 2 heterocycles. The Labute approximate surface area is 83.0 Å². The van der Waals surface area contributed by atoms with Gasteiger partial charge >= 0.3 is 0 Å². The van der Waals surface area contributed by atoms with Gasteiger partial charge in [0.05, 0.1) is 11.9 Å². The molecule has 14 heavy (non-hydrogen) atoms. The first-order valence-corrected chi connectivity index (χ1v) is 4.63. The van der Waals surface area contributed by atoms with Crippen LogP contribution in [0.5, 0.6) is 0 Å². The Kier molecular flexibility index (Phi) is 1.80. The van der Waals surface area contributed by atoms with Crippen LogP contribution in [0.25, 0.3) is 11.0 Å². The van der Waals surface area contributed by atoms with Crippen molar-refractivity contribution in [2.24, 2.45) is 7.05 Å². The minimum Gasteiger partial charge on any atom is -0.264 e. The Morgan fingerprint density at radius 2 is 1.93 bits per heavy atom. The molecule has 0 aromatic carbocycles. The van der Waals surface area contributed by atoms with Gasteiger partial charge in [-0.2, -0.15) is 5.10 Å². The van der Waals surface area contributed by atoms with Crippen LogP contribution in [0, 0.1) is 0 Å². The molecule has 0 aliphatic heterocycles. The molecule has 0 radical (unpaired) electrons. The summed E-state index contributed by atoms with van der Waals surface area (Å²) in [5.74, 6) is 0. The Hall–Kier alpha value is -1.45. The number of aryl methyl sites for hydroxylation is 1. The summed E-state index contributed by atoms with van der Waals surface area (Å²) >= 11 is 0. The van der Waals surface area contributed by atoms with E-state index in [1.165, 1.54) is 0 Å². The van der Waals surface area contributed by atoms with E-state index in [1.807, 2.05) is 11.7 Å². The van der Waals surface area contributed by atoms with Gasteiger partial charge in [-0.15, -0.1) is 0 Å². The molecule has 0 spiro atoms. The van der Waals surface area contributed by atoms with Crippen molar-refractivity contribution in [3.8, 4) is 0 Å². The van der Waals surface area contributed by atoms with Gasteiger partial charge in [0.1, 0.15) is 17.4 Å². The molecule has 0 saturated carbocycles. The van der Waals surface area contributed by atoms with Crippen LogP contribution < -0.4 is 0 Å². The predicted octanol–water partition coefficient (Wildman–Crippen LogP) is 1.66. The minimum absolute atomic E-state index is 0.0228. The Morgan fingerprint density at radius 3 is 2.57 bits per heavy atom. The molecule has 0 bridgehead atoms. The largest absolute Gasteiger partial charge is 0.264 e. The molecule has 0 amide bonds. The average molecular weight is 190 g/mol. The quantitative estimate of drug-likeness (QED) is 0.634. The van der Waals surface area contributed by atoms with Crippen molar-refractivity contribution >= 4 is 11.0 Å². The average Bonchev–Trinajstić information content (AvgIpc) is 2.46. The van der Waals surface area contributed by atoms with Crippen LogP contribution in [-0.2, 0) is 12.5 Å². The maximum Gasteiger partial charge on any atom is 0.116 e. The molecule has 0 unspecified atom stereocenters. The molecule has 0 saturated heterocycles. The molecule has 2 rings (SSSR count). The zero-order chi connectivity index (χ0) is 10.3. The summed E-state index contributed by atoms with van der Waals surface area (Å²) in [5, 5.41) is 4.18. The van der Waals surface area contributed by atoms with Crippen molar-refractivity contribution in [1.29, 1.82) is 0 Å². The van der Waals surface area contributed by atoms with Crippen LogP contribution in [-0.4, -0.2) is 19.7 Å². The van der Waals surface area contributed by atoms with E-state index in [0.29, 0.717) is 0 Å². The Morgan fingerprint density at radius 1 is 1.21 bits per heavy atom. The van der Waals surface area contributed by atoms with Gasteiger partial charge in [0.2, 0.25) is 0 Å². The summed E-state index contributed by atoms with van der Waals surface area (Å²) in [4.78, 5) is 8.52. The lowest BCUT2D eigenvalue weighted by molar-refractivity contribution is 0.568. The number of fused-ring (bicyclic) bond motifs is 1. The van der Waals surface area contributed by atoms with Crippen LogP contribution >= 0.6 is 0 Å². The Balaban J connectivity index is 2.82. The van der Waals surface area contributed by atoms with E-state index in [-0.39, 0.29) is 5.41 Å². The molecule has 0 fully saturated rings. The summed E-state index contributed by atoms with van der Waals surface area (Å²) < 4.78 is 1.83. The maximum atomic E-state index is 4.34. The molecular weight excluding hydrogens is 176 g/mol. The fraction of sp³-hybridized carbons (Fsp3) is 0.500. The number of hydrogen-bond acceptors (Lipinski definition) is 3. The molecule has 74 valence electrons. The van der Waals surface area contributed by atoms with Crippen LogP contribution in [0.2, 0.25) is 0 Å². The van der Waals surface area contributed by atoms with Gasteiger partial charge in [-0.05, 0) is 0 Å². The zero-order valence-corrected chi connectivity index (χ0v) is 8.94. The molecule has 4 heteroatoms. The smallest absolute Gasteiger partial charge is 0.116 e. The van der Waals surface area contributed by atoms with E-state index in [4.69, 9.17) is 0 Å². The molecule has 0 aliphatic rings. The lowest BCUT2D eigenvalue weighted by atomic mass is 9.91. The minimum atomic E-state index is 0.0228. The van der Waals surface area contributed by atoms with Gasteiger partial charge in [-0.3, -0.25) is 4.68 Å². The van der Waals surface area contributed by atoms with E-state index in [0.717, 1.165) is 16.7 Å². The van der Waals surface area contributed by atoms with Gasteiger partial charge in [-0.1, -0.05) is 20.8 Å². The van der Waals surface area contributed by atoms with Crippen LogP contribution in [0.15, 0.2) is 12.5 Å². The molecule has 2 aromatic heterocycles. The molecular formula is C10H14N4. The second kappa shape index (κ2) is 2.77. The summed E-state index contributed by atoms with van der Waals surface area (Å²) in [6, 6.07) is 0. The topological polar surface area (TPSA) is 43.6 Å². The molecule has 0 aliphatic carbocycles. The highest BCUT2D eigenvalue weighted by molar-refractivity contribution is 5.77. The van der Waals surface area contributed by atoms with Gasteiger partial charge in [-0.25, -0.2) is 9.97 Å². The third-order valence-corrected chi connectivity index (χ3v) is 2.24. The first-order chi connectivity index (χ1) is 6.50. The Bertz CT molecular complexity index is 464. The van der Waals surface area contributed by atoms with E-state index in [2.05, 4.69) is 35.8 Å². The van der Waals surface area contributed by atoms with Crippen molar-refractivity contribution < 1.29 is 0 Å². The summed E-state index contributed by atoms with van der Waals surface area (Å²) in [5.41, 5.74) is 3.00. The van der Waals surface area contributed by atoms with Crippen molar-refractivity contribution in [2.75, 3.05) is 0 Å². The summed E-state index contributed by atoms with van der Waals surface area (Å²) in [6.07, 6.45) is 3.37. The van der Waals surface area contributed by atoms with Crippen LogP contribution in [0.4, 0.5) is 0 Å². The second-order valence-corrected chi connectivity index (χ2v) is 4.47. The number of rotatable bonds is 0. The standard InChI is InChI=1S/C10H14N4/c1-10(2,3)9-8-7(11-6-12-9)5-13-14(8)4/h5-6H,1-4H3. The lowest BCUT2D eigenvalue weighted by Crippen LogP contribution is -2.15. The molecule has 4 nitrogen and oxygen atoms in total. The summed E-state index contributed by atoms with van der Waals surface area (Å²) in [6.45, 7) is 6.42. The van der Waals surface area contributed by atoms with Crippen LogP contribution in [0.1, 0.15) is 26.5 Å². The fourth-order valence-electron chi connectivity index (χ4n) is 1.55. The first kappa shape index (κ1) is 9.12. The third kappa shape index (κ3) is 1.27. The fourth-order valence-corrected chi connectivity index (χ4v) is 1.55. The monoisotopic (exact) mass is 190 g/mol. The van der Waals surface area contributed by atoms with E-state index >= 15 is 0 Å². The van der Waals surface area contributed by atoms with Crippen molar-refractivity contribution in [1.82, 2.24) is 19.7 Å². The predicted molar refractivity (Wildman–Crippen MR) is 55.0 cm³/mol. The second-order valence-electron chi connectivity index (χ2n) is 4.47. The van der Waals surface area contributed by atoms with Crippen molar-refractivity contribution in [3.05, 3.63) is 18.2 Å². The highest BCUT2D eigenvalue weighted by Crippen LogP contribution is 2.25. The SMILES string of the molecule is Cn1ncc2ncnc(C(C)(C)C)c21. The zero-order valence-electron chi connectivity index (χ0n) is 8.94. The summed E-state index contributed by atoms with van der Waals surface area (Å²) in [7, 11) is 1.92. The van der Waals surface area contributed by atoms with Gasteiger partial charge in [0.25, 0.3) is 0 Å². The van der Waals surface area contributed by atoms with Gasteiger partial charge in [0, 0.05) is 12.5 Å². The number of hydrogen-bond donors (Lipinski definition) is 0. The maximum absolute atomic E-state index is 4.34. The highest BCUT2D eigenvalue weighted by Gasteiger charge is 2.20. The van der Waals surface area contributed by atoms with Gasteiger partial charge in [0.15, 0.2) is 0 Å². The lowest BCUT2D eigenvalue weighted by Gasteiger charge is -2.18. The van der Waals surface area contributed by atoms with Crippen molar-refractivity contribution in [3.63, 3.8) is 0 Å². The van der Waals surface area contributed by atoms with Crippen LogP contribution in [0.3, 0.4) is 0 Å². The highest BCUT2D eigenvalue weighted by atomic mass is 15.3.